The molecule has 2 aromatic carbocycles. The summed E-state index contributed by atoms with van der Waals surface area (Å²) in [4.78, 5) is 16.0. The van der Waals surface area contributed by atoms with Crippen molar-refractivity contribution in [1.82, 2.24) is 0 Å². The van der Waals surface area contributed by atoms with Gasteiger partial charge in [-0.2, -0.15) is 0 Å². The summed E-state index contributed by atoms with van der Waals surface area (Å²) in [5, 5.41) is 0. The number of aryl methyl sites for hydroxylation is 2. The number of amides is 1. The predicted molar refractivity (Wildman–Crippen MR) is 118 cm³/mol. The Morgan fingerprint density at radius 2 is 1.83 bits per heavy atom. The Hall–Kier alpha value is -2.58. The van der Waals surface area contributed by atoms with Crippen molar-refractivity contribution in [1.29, 1.82) is 0 Å². The molecule has 2 aliphatic heterocycles. The molecule has 2 aliphatic rings. The van der Waals surface area contributed by atoms with Gasteiger partial charge in [-0.05, 0) is 67.3 Å². The highest BCUT2D eigenvalue weighted by molar-refractivity contribution is 7.92. The molecule has 1 N–H and O–H groups in total. The number of carbonyl (C=O) groups is 1. The third-order valence-corrected chi connectivity index (χ3v) is 7.05. The Balaban J connectivity index is 1.56. The van der Waals surface area contributed by atoms with Crippen LogP contribution in [0.15, 0.2) is 41.3 Å². The van der Waals surface area contributed by atoms with E-state index in [9.17, 15) is 13.2 Å². The average Bonchev–Trinajstić information content (AvgIpc) is 2.74. The smallest absolute Gasteiger partial charge is 0.261 e. The molecule has 0 atom stereocenters. The van der Waals surface area contributed by atoms with Gasteiger partial charge in [-0.25, -0.2) is 8.42 Å². The van der Waals surface area contributed by atoms with Crippen LogP contribution in [0.1, 0.15) is 24.5 Å². The third-order valence-electron chi connectivity index (χ3n) is 5.69. The van der Waals surface area contributed by atoms with Gasteiger partial charge in [-0.15, -0.1) is 0 Å². The van der Waals surface area contributed by atoms with E-state index >= 15 is 0 Å². The van der Waals surface area contributed by atoms with Crippen LogP contribution < -0.4 is 14.5 Å². The highest BCUT2D eigenvalue weighted by atomic mass is 32.2. The quantitative estimate of drug-likeness (QED) is 0.809. The molecule has 4 rings (SSSR count). The van der Waals surface area contributed by atoms with Gasteiger partial charge in [0, 0.05) is 37.9 Å². The number of carbonyl (C=O) groups excluding carboxylic acids is 1. The largest absolute Gasteiger partial charge is 0.378 e. The van der Waals surface area contributed by atoms with Gasteiger partial charge in [0.1, 0.15) is 0 Å². The molecular formula is C22H27N3O4S. The van der Waals surface area contributed by atoms with Gasteiger partial charge in [-0.3, -0.25) is 9.52 Å². The van der Waals surface area contributed by atoms with Crippen LogP contribution >= 0.6 is 0 Å². The van der Waals surface area contributed by atoms with Crippen LogP contribution in [0.25, 0.3) is 0 Å². The molecule has 30 heavy (non-hydrogen) atoms. The molecular weight excluding hydrogens is 402 g/mol. The lowest BCUT2D eigenvalue weighted by molar-refractivity contribution is -0.116. The summed E-state index contributed by atoms with van der Waals surface area (Å²) in [5.74, 6) is -0.0272. The fourth-order valence-corrected chi connectivity index (χ4v) is 5.23. The number of rotatable bonds is 4. The zero-order valence-corrected chi connectivity index (χ0v) is 18.2. The van der Waals surface area contributed by atoms with E-state index in [2.05, 4.69) is 9.62 Å². The standard InChI is InChI=1S/C22H27N3O4S/c1-16-14-19(24-10-12-29-13-11-24)5-7-21(16)23-30(27,28)20-6-8-22-18(15-20)4-3-9-25(22)17(2)26/h5-8,14-15,23H,3-4,9-13H2,1-2H3. The molecule has 2 heterocycles. The lowest BCUT2D eigenvalue weighted by Gasteiger charge is -2.29. The third kappa shape index (κ3) is 4.15. The molecule has 0 spiro atoms. The van der Waals surface area contributed by atoms with Gasteiger partial charge >= 0.3 is 0 Å². The lowest BCUT2D eigenvalue weighted by Crippen LogP contribution is -2.36. The molecule has 0 bridgehead atoms. The average molecular weight is 430 g/mol. The molecule has 1 amide bonds. The topological polar surface area (TPSA) is 79.0 Å². The Labute approximate surface area is 177 Å². The minimum atomic E-state index is -3.73. The number of benzene rings is 2. The first-order valence-corrected chi connectivity index (χ1v) is 11.7. The van der Waals surface area contributed by atoms with Gasteiger partial charge in [0.05, 0.1) is 23.8 Å². The number of anilines is 3. The molecule has 0 radical (unpaired) electrons. The second-order valence-corrected chi connectivity index (χ2v) is 9.45. The maximum absolute atomic E-state index is 13.0. The monoisotopic (exact) mass is 429 g/mol. The fourth-order valence-electron chi connectivity index (χ4n) is 4.05. The van der Waals surface area contributed by atoms with Crippen molar-refractivity contribution >= 4 is 33.0 Å². The van der Waals surface area contributed by atoms with Gasteiger partial charge < -0.3 is 14.5 Å². The number of hydrogen-bond donors (Lipinski definition) is 1. The molecule has 2 aromatic rings. The first-order chi connectivity index (χ1) is 14.3. The Bertz CT molecular complexity index is 1060. The molecule has 0 aliphatic carbocycles. The molecule has 0 saturated carbocycles. The van der Waals surface area contributed by atoms with E-state index < -0.39 is 10.0 Å². The van der Waals surface area contributed by atoms with E-state index in [1.807, 2.05) is 25.1 Å². The first-order valence-electron chi connectivity index (χ1n) is 10.2. The summed E-state index contributed by atoms with van der Waals surface area (Å²) in [6.45, 7) is 7.17. The van der Waals surface area contributed by atoms with Crippen molar-refractivity contribution in [2.45, 2.75) is 31.6 Å². The lowest BCUT2D eigenvalue weighted by atomic mass is 10.0. The van der Waals surface area contributed by atoms with Crippen molar-refractivity contribution in [3.05, 3.63) is 47.5 Å². The van der Waals surface area contributed by atoms with Crippen molar-refractivity contribution in [3.63, 3.8) is 0 Å². The summed E-state index contributed by atoms with van der Waals surface area (Å²) < 4.78 is 34.2. The highest BCUT2D eigenvalue weighted by Crippen LogP contribution is 2.31. The van der Waals surface area contributed by atoms with E-state index in [1.54, 1.807) is 23.1 Å². The summed E-state index contributed by atoms with van der Waals surface area (Å²) >= 11 is 0. The molecule has 160 valence electrons. The van der Waals surface area contributed by atoms with Crippen molar-refractivity contribution < 1.29 is 17.9 Å². The SMILES string of the molecule is CC(=O)N1CCCc2cc(S(=O)(=O)Nc3ccc(N4CCOCC4)cc3C)ccc21. The summed E-state index contributed by atoms with van der Waals surface area (Å²) in [6, 6.07) is 10.7. The van der Waals surface area contributed by atoms with Gasteiger partial charge in [0.2, 0.25) is 5.91 Å². The van der Waals surface area contributed by atoms with Crippen LogP contribution in [0, 0.1) is 6.92 Å². The second-order valence-electron chi connectivity index (χ2n) is 7.77. The van der Waals surface area contributed by atoms with Gasteiger partial charge in [0.15, 0.2) is 0 Å². The summed E-state index contributed by atoms with van der Waals surface area (Å²) in [6.07, 6.45) is 1.58. The zero-order chi connectivity index (χ0) is 21.3. The Kier molecular flexibility index (Phi) is 5.71. The Morgan fingerprint density at radius 3 is 2.53 bits per heavy atom. The molecule has 0 unspecified atom stereocenters. The predicted octanol–water partition coefficient (Wildman–Crippen LogP) is 2.93. The maximum Gasteiger partial charge on any atom is 0.261 e. The van der Waals surface area contributed by atoms with Crippen LogP contribution in [0.2, 0.25) is 0 Å². The number of hydrogen-bond acceptors (Lipinski definition) is 5. The molecule has 1 fully saturated rings. The maximum atomic E-state index is 13.0. The minimum Gasteiger partial charge on any atom is -0.378 e. The molecule has 8 heteroatoms. The van der Waals surface area contributed by atoms with Crippen LogP contribution in [-0.2, 0) is 26.0 Å². The number of nitrogens with zero attached hydrogens (tertiary/aromatic N) is 2. The normalized spacial score (nSPS) is 16.9. The van der Waals surface area contributed by atoms with E-state index in [0.717, 1.165) is 48.4 Å². The van der Waals surface area contributed by atoms with Gasteiger partial charge in [-0.1, -0.05) is 0 Å². The number of fused-ring (bicyclic) bond motifs is 1. The summed E-state index contributed by atoms with van der Waals surface area (Å²) in [5.41, 5.74) is 4.19. The van der Waals surface area contributed by atoms with E-state index in [0.29, 0.717) is 25.4 Å². The van der Waals surface area contributed by atoms with E-state index in [1.165, 1.54) is 6.92 Å². The van der Waals surface area contributed by atoms with Crippen molar-refractivity contribution in [3.8, 4) is 0 Å². The number of morpholine rings is 1. The van der Waals surface area contributed by atoms with Crippen LogP contribution in [0.4, 0.5) is 17.1 Å². The highest BCUT2D eigenvalue weighted by Gasteiger charge is 2.23. The Morgan fingerprint density at radius 1 is 1.07 bits per heavy atom. The fraction of sp³-hybridized carbons (Fsp3) is 0.409. The molecule has 1 saturated heterocycles. The second kappa shape index (κ2) is 8.28. The van der Waals surface area contributed by atoms with E-state index in [4.69, 9.17) is 4.74 Å². The van der Waals surface area contributed by atoms with Gasteiger partial charge in [0.25, 0.3) is 10.0 Å². The molecule has 7 nitrogen and oxygen atoms in total. The van der Waals surface area contributed by atoms with E-state index in [-0.39, 0.29) is 10.8 Å². The minimum absolute atomic E-state index is 0.0272. The van der Waals surface area contributed by atoms with Crippen molar-refractivity contribution in [2.75, 3.05) is 47.4 Å². The molecule has 0 aromatic heterocycles. The number of nitrogens with one attached hydrogen (secondary N) is 1. The number of ether oxygens (including phenoxy) is 1. The summed E-state index contributed by atoms with van der Waals surface area (Å²) in [7, 11) is -3.73. The first kappa shape index (κ1) is 20.7. The zero-order valence-electron chi connectivity index (χ0n) is 17.3. The van der Waals surface area contributed by atoms with Crippen LogP contribution in [-0.4, -0.2) is 47.2 Å². The van der Waals surface area contributed by atoms with Crippen LogP contribution in [0.3, 0.4) is 0 Å². The van der Waals surface area contributed by atoms with Crippen molar-refractivity contribution in [2.24, 2.45) is 0 Å². The number of sulfonamides is 1. The van der Waals surface area contributed by atoms with Crippen LogP contribution in [0.5, 0.6) is 0 Å².